The Labute approximate surface area is 154 Å². The third-order valence-electron chi connectivity index (χ3n) is 5.51. The average molecular weight is 370 g/mol. The van der Waals surface area contributed by atoms with E-state index in [2.05, 4.69) is 0 Å². The number of sulfone groups is 1. The molecule has 0 N–H and O–H groups in total. The topological polar surface area (TPSA) is 57.7 Å². The van der Waals surface area contributed by atoms with Crippen LogP contribution in [0.1, 0.15) is 16.7 Å². The van der Waals surface area contributed by atoms with Crippen molar-refractivity contribution in [3.05, 3.63) is 59.2 Å². The number of anilines is 2. The Morgan fingerprint density at radius 3 is 2.15 bits per heavy atom. The monoisotopic (exact) mass is 370 g/mol. The number of rotatable bonds is 2. The zero-order chi connectivity index (χ0) is 18.6. The fraction of sp³-hybridized carbons (Fsp3) is 0.350. The summed E-state index contributed by atoms with van der Waals surface area (Å²) < 4.78 is 24.7. The van der Waals surface area contributed by atoms with Crippen LogP contribution in [0.25, 0.3) is 0 Å². The predicted octanol–water partition coefficient (Wildman–Crippen LogP) is 3.22. The molecule has 0 bridgehead atoms. The van der Waals surface area contributed by atoms with Gasteiger partial charge in [-0.2, -0.15) is 0 Å². The zero-order valence-corrected chi connectivity index (χ0v) is 16.0. The first-order valence-corrected chi connectivity index (χ1v) is 10.6. The van der Waals surface area contributed by atoms with E-state index < -0.39 is 9.84 Å². The van der Waals surface area contributed by atoms with Gasteiger partial charge >= 0.3 is 6.03 Å². The summed E-state index contributed by atoms with van der Waals surface area (Å²) in [5.41, 5.74) is 4.75. The van der Waals surface area contributed by atoms with Crippen LogP contribution in [0.3, 0.4) is 0 Å². The minimum absolute atomic E-state index is 0.0126. The largest absolute Gasteiger partial charge is 0.329 e. The number of carbonyl (C=O) groups excluding carboxylic acids is 1. The van der Waals surface area contributed by atoms with Gasteiger partial charge in [-0.15, -0.1) is 0 Å². The molecule has 2 fully saturated rings. The van der Waals surface area contributed by atoms with E-state index in [1.165, 1.54) is 0 Å². The van der Waals surface area contributed by atoms with E-state index in [4.69, 9.17) is 0 Å². The summed E-state index contributed by atoms with van der Waals surface area (Å²) in [6, 6.07) is 12.6. The van der Waals surface area contributed by atoms with Crippen molar-refractivity contribution < 1.29 is 13.2 Å². The second kappa shape index (κ2) is 5.84. The highest BCUT2D eigenvalue weighted by molar-refractivity contribution is 7.91. The Bertz CT molecular complexity index is 1000. The Balaban J connectivity index is 1.84. The molecule has 4 rings (SSSR count). The molecule has 136 valence electrons. The molecule has 6 heteroatoms. The summed E-state index contributed by atoms with van der Waals surface area (Å²) >= 11 is 0. The number of amides is 2. The Kier molecular flexibility index (Phi) is 3.84. The molecule has 0 aromatic heterocycles. The maximum Gasteiger partial charge on any atom is 0.329 e. The summed E-state index contributed by atoms with van der Waals surface area (Å²) in [5, 5.41) is 0. The molecule has 0 spiro atoms. The number of aryl methyl sites for hydroxylation is 3. The molecule has 2 heterocycles. The van der Waals surface area contributed by atoms with Crippen LogP contribution in [-0.2, 0) is 9.84 Å². The number of fused-ring (bicyclic) bond motifs is 1. The number of nitrogens with zero attached hydrogens (tertiary/aromatic N) is 2. The van der Waals surface area contributed by atoms with Crippen LogP contribution in [0.2, 0.25) is 0 Å². The lowest BCUT2D eigenvalue weighted by Gasteiger charge is -2.24. The van der Waals surface area contributed by atoms with Crippen molar-refractivity contribution >= 4 is 27.2 Å². The lowest BCUT2D eigenvalue weighted by Crippen LogP contribution is -2.38. The molecule has 2 atom stereocenters. The second-order valence-corrected chi connectivity index (χ2v) is 9.44. The van der Waals surface area contributed by atoms with E-state index in [0.29, 0.717) is 0 Å². The number of carbonyl (C=O) groups is 1. The number of hydrogen-bond acceptors (Lipinski definition) is 3. The van der Waals surface area contributed by atoms with E-state index in [1.54, 1.807) is 9.80 Å². The van der Waals surface area contributed by atoms with Crippen LogP contribution in [0, 0.1) is 20.8 Å². The van der Waals surface area contributed by atoms with Gasteiger partial charge < -0.3 is 0 Å². The molecule has 26 heavy (non-hydrogen) atoms. The fourth-order valence-electron chi connectivity index (χ4n) is 4.00. The molecule has 2 aromatic rings. The molecule has 2 aliphatic heterocycles. The van der Waals surface area contributed by atoms with Gasteiger partial charge in [0, 0.05) is 11.4 Å². The van der Waals surface area contributed by atoms with E-state index in [1.807, 2.05) is 63.2 Å². The van der Waals surface area contributed by atoms with E-state index in [0.717, 1.165) is 28.1 Å². The van der Waals surface area contributed by atoms with Crippen LogP contribution >= 0.6 is 0 Å². The normalized spacial score (nSPS) is 24.2. The standard InChI is InChI=1S/C20H22N2O3S/c1-13-8-9-16(10-15(13)3)21-18-11-26(24,25)12-19(18)22(20(21)23)17-7-5-4-6-14(17)2/h4-10,18-19H,11-12H2,1-3H3/t18-,19-/m1/s1. The van der Waals surface area contributed by atoms with Crippen molar-refractivity contribution in [2.45, 2.75) is 32.9 Å². The maximum atomic E-state index is 13.3. The number of urea groups is 1. The van der Waals surface area contributed by atoms with Gasteiger partial charge in [0.2, 0.25) is 0 Å². The first kappa shape index (κ1) is 17.1. The van der Waals surface area contributed by atoms with Gasteiger partial charge in [0.25, 0.3) is 0 Å². The van der Waals surface area contributed by atoms with Gasteiger partial charge in [0.1, 0.15) is 0 Å². The third-order valence-corrected chi connectivity index (χ3v) is 7.21. The Morgan fingerprint density at radius 1 is 0.846 bits per heavy atom. The van der Waals surface area contributed by atoms with Crippen LogP contribution in [0.5, 0.6) is 0 Å². The highest BCUT2D eigenvalue weighted by Gasteiger charge is 2.54. The van der Waals surface area contributed by atoms with Crippen molar-refractivity contribution in [3.8, 4) is 0 Å². The summed E-state index contributed by atoms with van der Waals surface area (Å²) in [7, 11) is -3.18. The first-order chi connectivity index (χ1) is 12.3. The van der Waals surface area contributed by atoms with Crippen LogP contribution < -0.4 is 9.80 Å². The van der Waals surface area contributed by atoms with Gasteiger partial charge in [-0.05, 0) is 55.7 Å². The Hall–Kier alpha value is -2.34. The van der Waals surface area contributed by atoms with Crippen molar-refractivity contribution in [1.29, 1.82) is 0 Å². The highest BCUT2D eigenvalue weighted by Crippen LogP contribution is 2.39. The first-order valence-electron chi connectivity index (χ1n) is 8.74. The van der Waals surface area contributed by atoms with E-state index >= 15 is 0 Å². The summed E-state index contributed by atoms with van der Waals surface area (Å²) in [6.45, 7) is 5.97. The summed E-state index contributed by atoms with van der Waals surface area (Å²) in [6.07, 6.45) is 0. The molecular weight excluding hydrogens is 348 g/mol. The van der Waals surface area contributed by atoms with Crippen molar-refractivity contribution in [3.63, 3.8) is 0 Å². The van der Waals surface area contributed by atoms with Crippen molar-refractivity contribution in [1.82, 2.24) is 0 Å². The van der Waals surface area contributed by atoms with E-state index in [-0.39, 0.29) is 29.6 Å². The van der Waals surface area contributed by atoms with Gasteiger partial charge in [0.05, 0.1) is 23.6 Å². The number of para-hydroxylation sites is 1. The molecule has 0 saturated carbocycles. The average Bonchev–Trinajstić information content (AvgIpc) is 3.00. The molecule has 2 aromatic carbocycles. The van der Waals surface area contributed by atoms with Gasteiger partial charge in [0.15, 0.2) is 9.84 Å². The zero-order valence-electron chi connectivity index (χ0n) is 15.1. The molecular formula is C20H22N2O3S. The Morgan fingerprint density at radius 2 is 1.50 bits per heavy atom. The second-order valence-electron chi connectivity index (χ2n) is 7.29. The molecule has 2 amide bonds. The smallest absolute Gasteiger partial charge is 0.288 e. The molecule has 0 unspecified atom stereocenters. The van der Waals surface area contributed by atoms with Gasteiger partial charge in [-0.3, -0.25) is 9.80 Å². The van der Waals surface area contributed by atoms with Crippen LogP contribution in [0.15, 0.2) is 42.5 Å². The minimum atomic E-state index is -3.18. The summed E-state index contributed by atoms with van der Waals surface area (Å²) in [5.74, 6) is 0.0256. The lowest BCUT2D eigenvalue weighted by atomic mass is 10.1. The number of benzene rings is 2. The fourth-order valence-corrected chi connectivity index (χ4v) is 5.92. The summed E-state index contributed by atoms with van der Waals surface area (Å²) in [4.78, 5) is 16.7. The maximum absolute atomic E-state index is 13.3. The van der Waals surface area contributed by atoms with Crippen molar-refractivity contribution in [2.75, 3.05) is 21.3 Å². The quantitative estimate of drug-likeness (QED) is 0.763. The van der Waals surface area contributed by atoms with Crippen LogP contribution in [-0.4, -0.2) is 38.0 Å². The van der Waals surface area contributed by atoms with Gasteiger partial charge in [-0.1, -0.05) is 24.3 Å². The SMILES string of the molecule is Cc1ccc(N2C(=O)N(c3ccccc3C)[C@@H]3CS(=O)(=O)C[C@H]32)cc1C. The molecule has 2 aliphatic rings. The highest BCUT2D eigenvalue weighted by atomic mass is 32.2. The van der Waals surface area contributed by atoms with E-state index in [9.17, 15) is 13.2 Å². The van der Waals surface area contributed by atoms with Crippen LogP contribution in [0.4, 0.5) is 16.2 Å². The minimum Gasteiger partial charge on any atom is -0.288 e. The molecule has 2 saturated heterocycles. The van der Waals surface area contributed by atoms with Crippen molar-refractivity contribution in [2.24, 2.45) is 0 Å². The predicted molar refractivity (Wildman–Crippen MR) is 104 cm³/mol. The molecule has 0 radical (unpaired) electrons. The molecule has 0 aliphatic carbocycles. The lowest BCUT2D eigenvalue weighted by molar-refractivity contribution is 0.255. The third kappa shape index (κ3) is 2.60. The van der Waals surface area contributed by atoms with Gasteiger partial charge in [-0.25, -0.2) is 13.2 Å². The number of hydrogen-bond donors (Lipinski definition) is 0. The molecule has 5 nitrogen and oxygen atoms in total.